The van der Waals surface area contributed by atoms with Crippen molar-refractivity contribution in [3.8, 4) is 0 Å². The van der Waals surface area contributed by atoms with Crippen molar-refractivity contribution in [2.45, 2.75) is 40.2 Å². The van der Waals surface area contributed by atoms with Crippen LogP contribution >= 0.6 is 0 Å². The molecule has 1 amide bonds. The Morgan fingerprint density at radius 3 is 2.00 bits per heavy atom. The monoisotopic (exact) mass is 217 g/mol. The fourth-order valence-corrected chi connectivity index (χ4v) is 0.785. The number of rotatable bonds is 3. The topological polar surface area (TPSA) is 75.6 Å². The van der Waals surface area contributed by atoms with E-state index < -0.39 is 23.1 Å². The van der Waals surface area contributed by atoms with Crippen molar-refractivity contribution in [3.05, 3.63) is 0 Å². The van der Waals surface area contributed by atoms with Crippen LogP contribution < -0.4 is 5.32 Å². The predicted octanol–water partition coefficient (Wildman–Crippen LogP) is 1.62. The van der Waals surface area contributed by atoms with Gasteiger partial charge in [-0.3, -0.25) is 4.79 Å². The van der Waals surface area contributed by atoms with Crippen LogP contribution in [0.2, 0.25) is 0 Å². The zero-order chi connectivity index (χ0) is 12.3. The molecular formula is C10H19NO4. The zero-order valence-electron chi connectivity index (χ0n) is 9.88. The van der Waals surface area contributed by atoms with Gasteiger partial charge in [0.05, 0.1) is 5.41 Å². The molecule has 0 aliphatic rings. The lowest BCUT2D eigenvalue weighted by molar-refractivity contribution is -0.165. The summed E-state index contributed by atoms with van der Waals surface area (Å²) in [6.45, 7) is 8.62. The summed E-state index contributed by atoms with van der Waals surface area (Å²) in [5.41, 5.74) is -1.41. The molecule has 0 fully saturated rings. The Morgan fingerprint density at radius 2 is 1.67 bits per heavy atom. The summed E-state index contributed by atoms with van der Waals surface area (Å²) < 4.78 is 5.16. The first-order valence-corrected chi connectivity index (χ1v) is 4.75. The SMILES string of the molecule is CC(C)(C)OC(=O)C(C)(C)CNC(=O)O. The van der Waals surface area contributed by atoms with Crippen molar-refractivity contribution < 1.29 is 19.4 Å². The highest BCUT2D eigenvalue weighted by Crippen LogP contribution is 2.20. The molecule has 0 aromatic heterocycles. The number of hydrogen-bond acceptors (Lipinski definition) is 3. The molecule has 2 N–H and O–H groups in total. The van der Waals surface area contributed by atoms with E-state index in [0.717, 1.165) is 0 Å². The van der Waals surface area contributed by atoms with E-state index in [1.165, 1.54) is 0 Å². The van der Waals surface area contributed by atoms with Crippen LogP contribution in [0.3, 0.4) is 0 Å². The molecule has 0 atom stereocenters. The van der Waals surface area contributed by atoms with Crippen LogP contribution in [-0.4, -0.2) is 29.3 Å². The van der Waals surface area contributed by atoms with E-state index in [-0.39, 0.29) is 6.54 Å². The lowest BCUT2D eigenvalue weighted by Gasteiger charge is -2.28. The van der Waals surface area contributed by atoms with Gasteiger partial charge >= 0.3 is 12.1 Å². The van der Waals surface area contributed by atoms with Gasteiger partial charge in [0, 0.05) is 6.54 Å². The lowest BCUT2D eigenvalue weighted by Crippen LogP contribution is -2.42. The number of ether oxygens (including phenoxy) is 1. The predicted molar refractivity (Wildman–Crippen MR) is 55.7 cm³/mol. The van der Waals surface area contributed by atoms with E-state index in [1.54, 1.807) is 34.6 Å². The smallest absolute Gasteiger partial charge is 0.404 e. The van der Waals surface area contributed by atoms with E-state index >= 15 is 0 Å². The van der Waals surface area contributed by atoms with Crippen LogP contribution in [0.15, 0.2) is 0 Å². The van der Waals surface area contributed by atoms with E-state index in [9.17, 15) is 9.59 Å². The van der Waals surface area contributed by atoms with Gasteiger partial charge < -0.3 is 15.2 Å². The lowest BCUT2D eigenvalue weighted by atomic mass is 9.93. The molecule has 0 radical (unpaired) electrons. The number of amides is 1. The van der Waals surface area contributed by atoms with Gasteiger partial charge in [-0.25, -0.2) is 4.79 Å². The van der Waals surface area contributed by atoms with Crippen LogP contribution in [0.1, 0.15) is 34.6 Å². The van der Waals surface area contributed by atoms with Gasteiger partial charge in [-0.05, 0) is 34.6 Å². The molecule has 0 aliphatic heterocycles. The largest absolute Gasteiger partial charge is 0.465 e. The van der Waals surface area contributed by atoms with E-state index in [2.05, 4.69) is 5.32 Å². The van der Waals surface area contributed by atoms with Crippen LogP contribution in [0.25, 0.3) is 0 Å². The van der Waals surface area contributed by atoms with Gasteiger partial charge in [0.2, 0.25) is 0 Å². The van der Waals surface area contributed by atoms with E-state index in [4.69, 9.17) is 9.84 Å². The fourth-order valence-electron chi connectivity index (χ4n) is 0.785. The Hall–Kier alpha value is -1.26. The van der Waals surface area contributed by atoms with Gasteiger partial charge in [0.25, 0.3) is 0 Å². The second-order valence-corrected chi connectivity index (χ2v) is 5.04. The summed E-state index contributed by atoms with van der Waals surface area (Å²) in [6, 6.07) is 0. The molecule has 0 saturated carbocycles. The molecule has 0 aliphatic carbocycles. The fraction of sp³-hybridized carbons (Fsp3) is 0.800. The summed E-state index contributed by atoms with van der Waals surface area (Å²) in [6.07, 6.45) is -1.15. The summed E-state index contributed by atoms with van der Waals surface area (Å²) in [5, 5.41) is 10.6. The molecule has 15 heavy (non-hydrogen) atoms. The molecule has 0 unspecified atom stereocenters. The van der Waals surface area contributed by atoms with Gasteiger partial charge in [0.15, 0.2) is 0 Å². The average molecular weight is 217 g/mol. The van der Waals surface area contributed by atoms with Crippen LogP contribution in [0.4, 0.5) is 4.79 Å². The third-order valence-corrected chi connectivity index (χ3v) is 1.63. The summed E-state index contributed by atoms with van der Waals surface area (Å²) in [5.74, 6) is -0.413. The molecule has 5 nitrogen and oxygen atoms in total. The molecule has 0 bridgehead atoms. The van der Waals surface area contributed by atoms with Crippen molar-refractivity contribution in [2.75, 3.05) is 6.54 Å². The highest BCUT2D eigenvalue weighted by Gasteiger charge is 2.32. The quantitative estimate of drug-likeness (QED) is 0.704. The Bertz CT molecular complexity index is 253. The zero-order valence-corrected chi connectivity index (χ0v) is 9.88. The van der Waals surface area contributed by atoms with Crippen molar-refractivity contribution >= 4 is 12.1 Å². The molecule has 0 aromatic rings. The minimum absolute atomic E-state index is 0.0389. The average Bonchev–Trinajstić information content (AvgIpc) is 1.97. The van der Waals surface area contributed by atoms with Gasteiger partial charge in [0.1, 0.15) is 5.60 Å². The number of carbonyl (C=O) groups is 2. The Labute approximate surface area is 89.8 Å². The Morgan fingerprint density at radius 1 is 1.20 bits per heavy atom. The van der Waals surface area contributed by atoms with E-state index in [1.807, 2.05) is 0 Å². The van der Waals surface area contributed by atoms with Gasteiger partial charge in [-0.1, -0.05) is 0 Å². The summed E-state index contributed by atoms with van der Waals surface area (Å²) >= 11 is 0. The number of nitrogens with one attached hydrogen (secondary N) is 1. The number of esters is 1. The molecule has 88 valence electrons. The highest BCUT2D eigenvalue weighted by molar-refractivity contribution is 5.77. The van der Waals surface area contributed by atoms with Crippen molar-refractivity contribution in [3.63, 3.8) is 0 Å². The first kappa shape index (κ1) is 13.7. The van der Waals surface area contributed by atoms with E-state index in [0.29, 0.717) is 0 Å². The first-order chi connectivity index (χ1) is 6.54. The Kier molecular flexibility index (Phi) is 4.13. The maximum absolute atomic E-state index is 11.6. The summed E-state index contributed by atoms with van der Waals surface area (Å²) in [7, 11) is 0. The molecule has 5 heteroatoms. The summed E-state index contributed by atoms with van der Waals surface area (Å²) in [4.78, 5) is 21.9. The van der Waals surface area contributed by atoms with Crippen LogP contribution in [0, 0.1) is 5.41 Å². The molecule has 0 saturated heterocycles. The number of carboxylic acid groups (broad SMARTS) is 1. The maximum Gasteiger partial charge on any atom is 0.404 e. The second-order valence-electron chi connectivity index (χ2n) is 5.04. The molecular weight excluding hydrogens is 198 g/mol. The number of carbonyl (C=O) groups excluding carboxylic acids is 1. The third kappa shape index (κ3) is 5.93. The van der Waals surface area contributed by atoms with Crippen molar-refractivity contribution in [1.82, 2.24) is 5.32 Å². The molecule has 0 rings (SSSR count). The van der Waals surface area contributed by atoms with Crippen LogP contribution in [-0.2, 0) is 9.53 Å². The minimum Gasteiger partial charge on any atom is -0.465 e. The molecule has 0 spiro atoms. The third-order valence-electron chi connectivity index (χ3n) is 1.63. The van der Waals surface area contributed by atoms with Crippen molar-refractivity contribution in [1.29, 1.82) is 0 Å². The minimum atomic E-state index is -1.15. The van der Waals surface area contributed by atoms with Crippen LogP contribution in [0.5, 0.6) is 0 Å². The van der Waals surface area contributed by atoms with Crippen molar-refractivity contribution in [2.24, 2.45) is 5.41 Å². The number of hydrogen-bond donors (Lipinski definition) is 2. The first-order valence-electron chi connectivity index (χ1n) is 4.75. The molecule has 0 heterocycles. The highest BCUT2D eigenvalue weighted by atomic mass is 16.6. The molecule has 0 aromatic carbocycles. The van der Waals surface area contributed by atoms with Gasteiger partial charge in [-0.2, -0.15) is 0 Å². The maximum atomic E-state index is 11.6. The standard InChI is InChI=1S/C10H19NO4/c1-9(2,3)15-7(12)10(4,5)6-11-8(13)14/h11H,6H2,1-5H3,(H,13,14). The normalized spacial score (nSPS) is 12.1. The second kappa shape index (κ2) is 4.51. The Balaban J connectivity index is 4.32. The van der Waals surface area contributed by atoms with Gasteiger partial charge in [-0.15, -0.1) is 0 Å².